The van der Waals surface area contributed by atoms with Crippen LogP contribution in [0.5, 0.6) is 0 Å². The van der Waals surface area contributed by atoms with E-state index in [0.717, 1.165) is 28.1 Å². The van der Waals surface area contributed by atoms with Crippen molar-refractivity contribution in [2.24, 2.45) is 10.9 Å². The maximum Gasteiger partial charge on any atom is 0.417 e. The van der Waals surface area contributed by atoms with Crippen LogP contribution in [-0.2, 0) is 11.2 Å². The highest BCUT2D eigenvalue weighted by Crippen LogP contribution is 2.22. The predicted octanol–water partition coefficient (Wildman–Crippen LogP) is 0.688. The zero-order valence-corrected chi connectivity index (χ0v) is 15.6. The van der Waals surface area contributed by atoms with E-state index in [-0.39, 0.29) is 11.9 Å². The lowest BCUT2D eigenvalue weighted by molar-refractivity contribution is -0.383. The summed E-state index contributed by atoms with van der Waals surface area (Å²) in [4.78, 5) is 38.7. The Hall–Kier alpha value is -3.22. The van der Waals surface area contributed by atoms with Gasteiger partial charge in [-0.05, 0) is 25.0 Å². The van der Waals surface area contributed by atoms with Crippen LogP contribution in [0, 0.1) is 5.92 Å². The van der Waals surface area contributed by atoms with Crippen LogP contribution in [-0.4, -0.2) is 58.9 Å². The number of aliphatic imine (C=N–C) groups is 1. The van der Waals surface area contributed by atoms with E-state index in [1.54, 1.807) is 13.2 Å². The van der Waals surface area contributed by atoms with E-state index < -0.39 is 5.92 Å². The number of hydrogen-bond donors (Lipinski definition) is 2. The van der Waals surface area contributed by atoms with Crippen molar-refractivity contribution in [3.63, 3.8) is 0 Å². The number of para-hydroxylation sites is 1. The highest BCUT2D eigenvalue weighted by Gasteiger charge is 2.50. The Balaban J connectivity index is 1.60. The standard InChI is InChI=1S/C20H21N5O2/c1-12-10-23-18-16(19(26)25(3)20(27)24(18)2)17(12)21-9-8-13-11-22-15-7-5-4-6-14(13)15/h4-7,10-11,16,22H,8-9H2,1-3H3/p+1. The van der Waals surface area contributed by atoms with Gasteiger partial charge in [0.1, 0.15) is 0 Å². The van der Waals surface area contributed by atoms with Gasteiger partial charge in [-0.3, -0.25) is 9.79 Å². The van der Waals surface area contributed by atoms with E-state index in [2.05, 4.69) is 22.1 Å². The van der Waals surface area contributed by atoms with Gasteiger partial charge in [-0.25, -0.2) is 14.7 Å². The summed E-state index contributed by atoms with van der Waals surface area (Å²) in [7, 11) is 3.17. The summed E-state index contributed by atoms with van der Waals surface area (Å²) in [6, 6.07) is 7.83. The Kier molecular flexibility index (Phi) is 4.14. The molecule has 7 nitrogen and oxygen atoms in total. The molecule has 1 saturated heterocycles. The lowest BCUT2D eigenvalue weighted by Gasteiger charge is -2.32. The SMILES string of the molecule is CC1=C[NH+]=C2C(C(=O)N(C)C(=O)N2C)C1=NCCc1c[nH]c2ccccc12. The summed E-state index contributed by atoms with van der Waals surface area (Å²) < 4.78 is 0. The number of aromatic amines is 1. The Morgan fingerprint density at radius 2 is 1.96 bits per heavy atom. The summed E-state index contributed by atoms with van der Waals surface area (Å²) >= 11 is 0. The van der Waals surface area contributed by atoms with Crippen molar-refractivity contribution in [3.05, 3.63) is 47.8 Å². The van der Waals surface area contributed by atoms with Gasteiger partial charge in [0.25, 0.3) is 11.7 Å². The molecular weight excluding hydrogens is 342 g/mol. The van der Waals surface area contributed by atoms with Crippen LogP contribution in [0.2, 0.25) is 0 Å². The number of aromatic nitrogens is 1. The number of fused-ring (bicyclic) bond motifs is 2. The minimum Gasteiger partial charge on any atom is -0.361 e. The van der Waals surface area contributed by atoms with E-state index in [9.17, 15) is 9.59 Å². The molecule has 2 N–H and O–H groups in total. The molecule has 0 aliphatic carbocycles. The first-order valence-electron chi connectivity index (χ1n) is 8.94. The fourth-order valence-electron chi connectivity index (χ4n) is 3.69. The topological polar surface area (TPSA) is 82.7 Å². The van der Waals surface area contributed by atoms with Gasteiger partial charge in [-0.2, -0.15) is 4.90 Å². The molecule has 1 aromatic carbocycles. The van der Waals surface area contributed by atoms with Crippen LogP contribution >= 0.6 is 0 Å². The fraction of sp³-hybridized carbons (Fsp3) is 0.300. The van der Waals surface area contributed by atoms with Gasteiger partial charge in [-0.15, -0.1) is 0 Å². The lowest BCUT2D eigenvalue weighted by Crippen LogP contribution is -2.80. The van der Waals surface area contributed by atoms with Crippen LogP contribution in [0.25, 0.3) is 10.9 Å². The number of allylic oxidation sites excluding steroid dienone is 1. The summed E-state index contributed by atoms with van der Waals surface area (Å²) in [6.45, 7) is 2.50. The molecule has 138 valence electrons. The molecule has 3 heterocycles. The Bertz CT molecular complexity index is 1030. The normalized spacial score (nSPS) is 21.6. The van der Waals surface area contributed by atoms with Gasteiger partial charge in [0.05, 0.1) is 19.0 Å². The highest BCUT2D eigenvalue weighted by atomic mass is 16.2. The maximum absolute atomic E-state index is 12.7. The number of amides is 3. The van der Waals surface area contributed by atoms with E-state index in [4.69, 9.17) is 4.99 Å². The summed E-state index contributed by atoms with van der Waals surface area (Å²) in [5.41, 5.74) is 3.94. The number of H-pyrrole nitrogens is 1. The fourth-order valence-corrected chi connectivity index (χ4v) is 3.69. The molecule has 27 heavy (non-hydrogen) atoms. The van der Waals surface area contributed by atoms with Crippen LogP contribution in [0.3, 0.4) is 0 Å². The number of rotatable bonds is 3. The number of carbonyl (C=O) groups excluding carboxylic acids is 2. The second kappa shape index (κ2) is 6.50. The molecule has 2 aliphatic heterocycles. The lowest BCUT2D eigenvalue weighted by atomic mass is 9.91. The van der Waals surface area contributed by atoms with E-state index in [1.165, 1.54) is 22.9 Å². The Morgan fingerprint density at radius 1 is 1.19 bits per heavy atom. The molecule has 1 aromatic heterocycles. The van der Waals surface area contributed by atoms with Gasteiger partial charge in [0, 0.05) is 36.3 Å². The number of nitrogens with one attached hydrogen (secondary N) is 2. The summed E-state index contributed by atoms with van der Waals surface area (Å²) in [5.74, 6) is -0.246. The molecular formula is C20H22N5O2+. The first kappa shape index (κ1) is 17.2. The monoisotopic (exact) mass is 364 g/mol. The Labute approximate surface area is 157 Å². The molecule has 0 radical (unpaired) electrons. The zero-order valence-electron chi connectivity index (χ0n) is 15.6. The molecule has 4 rings (SSSR count). The number of nitrogens with zero attached hydrogens (tertiary/aromatic N) is 3. The first-order valence-corrected chi connectivity index (χ1v) is 8.94. The highest BCUT2D eigenvalue weighted by molar-refractivity contribution is 6.31. The maximum atomic E-state index is 12.7. The molecule has 1 fully saturated rings. The van der Waals surface area contributed by atoms with Crippen LogP contribution in [0.15, 0.2) is 47.2 Å². The third-order valence-corrected chi connectivity index (χ3v) is 5.24. The van der Waals surface area contributed by atoms with Gasteiger partial charge in [0.15, 0.2) is 5.92 Å². The number of urea groups is 1. The van der Waals surface area contributed by atoms with Crippen molar-refractivity contribution in [1.29, 1.82) is 0 Å². The van der Waals surface area contributed by atoms with E-state index >= 15 is 0 Å². The van der Waals surface area contributed by atoms with Crippen LogP contribution in [0.4, 0.5) is 4.79 Å². The quantitative estimate of drug-likeness (QED) is 0.840. The van der Waals surface area contributed by atoms with Crippen molar-refractivity contribution in [2.45, 2.75) is 13.3 Å². The first-order chi connectivity index (χ1) is 13.0. The van der Waals surface area contributed by atoms with Gasteiger partial charge in [0.2, 0.25) is 0 Å². The second-order valence-corrected chi connectivity index (χ2v) is 6.91. The summed E-state index contributed by atoms with van der Waals surface area (Å²) in [5, 5.41) is 1.20. The Morgan fingerprint density at radius 3 is 2.78 bits per heavy atom. The number of imide groups is 1. The van der Waals surface area contributed by atoms with Crippen molar-refractivity contribution < 1.29 is 14.6 Å². The third kappa shape index (κ3) is 2.75. The molecule has 3 amide bonds. The second-order valence-electron chi connectivity index (χ2n) is 6.91. The number of carbonyl (C=O) groups is 2. The molecule has 1 atom stereocenters. The molecule has 1 unspecified atom stereocenters. The largest absolute Gasteiger partial charge is 0.417 e. The minimum absolute atomic E-state index is 0.251. The molecule has 0 saturated carbocycles. The van der Waals surface area contributed by atoms with Gasteiger partial charge in [-0.1, -0.05) is 18.2 Å². The molecule has 2 aromatic rings. The minimum atomic E-state index is -0.564. The van der Waals surface area contributed by atoms with Crippen molar-refractivity contribution in [3.8, 4) is 0 Å². The predicted molar refractivity (Wildman–Crippen MR) is 103 cm³/mol. The number of benzene rings is 1. The summed E-state index contributed by atoms with van der Waals surface area (Å²) in [6.07, 6.45) is 4.59. The smallest absolute Gasteiger partial charge is 0.361 e. The van der Waals surface area contributed by atoms with Crippen molar-refractivity contribution >= 4 is 34.4 Å². The van der Waals surface area contributed by atoms with E-state index in [1.807, 2.05) is 25.3 Å². The number of hydrogen-bond acceptors (Lipinski definition) is 3. The average Bonchev–Trinajstić information content (AvgIpc) is 3.09. The van der Waals surface area contributed by atoms with Crippen molar-refractivity contribution in [2.75, 3.05) is 20.6 Å². The van der Waals surface area contributed by atoms with Crippen LogP contribution < -0.4 is 4.99 Å². The van der Waals surface area contributed by atoms with Crippen LogP contribution in [0.1, 0.15) is 12.5 Å². The molecule has 7 heteroatoms. The third-order valence-electron chi connectivity index (χ3n) is 5.24. The average molecular weight is 364 g/mol. The van der Waals surface area contributed by atoms with Crippen molar-refractivity contribution in [1.82, 2.24) is 14.8 Å². The molecule has 0 bridgehead atoms. The van der Waals surface area contributed by atoms with E-state index in [0.29, 0.717) is 12.4 Å². The number of amidine groups is 1. The molecule has 2 aliphatic rings. The molecule has 0 spiro atoms. The zero-order chi connectivity index (χ0) is 19.1. The van der Waals surface area contributed by atoms with Gasteiger partial charge >= 0.3 is 6.03 Å². The van der Waals surface area contributed by atoms with Gasteiger partial charge < -0.3 is 4.98 Å².